The third-order valence-electron chi connectivity index (χ3n) is 2.86. The van der Waals surface area contributed by atoms with Gasteiger partial charge in [-0.05, 0) is 40.4 Å². The normalized spacial score (nSPS) is 10.9. The van der Waals surface area contributed by atoms with Gasteiger partial charge in [-0.15, -0.1) is 11.3 Å². The fourth-order valence-electron chi connectivity index (χ4n) is 1.79. The zero-order valence-electron chi connectivity index (χ0n) is 10.7. The van der Waals surface area contributed by atoms with E-state index in [0.29, 0.717) is 5.92 Å². The van der Waals surface area contributed by atoms with Crippen molar-refractivity contribution >= 4 is 33.0 Å². The smallest absolute Gasteiger partial charge is 0.204 e. The number of hydrogen-bond donors (Lipinski definition) is 0. The van der Waals surface area contributed by atoms with Crippen molar-refractivity contribution in [3.05, 3.63) is 55.7 Å². The molecule has 0 saturated carbocycles. The van der Waals surface area contributed by atoms with Crippen molar-refractivity contribution in [1.29, 1.82) is 0 Å². The monoisotopic (exact) mass is 322 g/mol. The molecule has 0 aliphatic carbocycles. The summed E-state index contributed by atoms with van der Waals surface area (Å²) in [4.78, 5) is 14.3. The number of rotatable bonds is 3. The molecule has 94 valence electrons. The van der Waals surface area contributed by atoms with Gasteiger partial charge in [-0.3, -0.25) is 4.79 Å². The Morgan fingerprint density at radius 2 is 1.83 bits per heavy atom. The van der Waals surface area contributed by atoms with E-state index >= 15 is 0 Å². The first-order valence-electron chi connectivity index (χ1n) is 5.89. The van der Waals surface area contributed by atoms with Crippen molar-refractivity contribution in [2.24, 2.45) is 0 Å². The SMILES string of the molecule is Cc1cc(Br)c(C(=O)c2ccc(C(C)C)cc2)s1. The number of benzene rings is 1. The minimum Gasteiger partial charge on any atom is -0.288 e. The Labute approximate surface area is 120 Å². The molecule has 0 radical (unpaired) electrons. The first-order chi connectivity index (χ1) is 8.49. The molecule has 0 fully saturated rings. The molecular formula is C15H15BrOS. The van der Waals surface area contributed by atoms with Gasteiger partial charge >= 0.3 is 0 Å². The van der Waals surface area contributed by atoms with Crippen LogP contribution in [0.25, 0.3) is 0 Å². The van der Waals surface area contributed by atoms with Crippen molar-refractivity contribution in [3.8, 4) is 0 Å². The summed E-state index contributed by atoms with van der Waals surface area (Å²) in [7, 11) is 0. The fourth-order valence-corrected chi connectivity index (χ4v) is 3.57. The molecular weight excluding hydrogens is 308 g/mol. The van der Waals surface area contributed by atoms with E-state index in [9.17, 15) is 4.79 Å². The van der Waals surface area contributed by atoms with Gasteiger partial charge in [0.25, 0.3) is 0 Å². The first kappa shape index (κ1) is 13.5. The molecule has 0 aliphatic rings. The average molecular weight is 323 g/mol. The average Bonchev–Trinajstić information content (AvgIpc) is 2.67. The first-order valence-corrected chi connectivity index (χ1v) is 7.50. The summed E-state index contributed by atoms with van der Waals surface area (Å²) in [5.41, 5.74) is 2.01. The van der Waals surface area contributed by atoms with E-state index in [1.807, 2.05) is 37.3 Å². The predicted molar refractivity (Wildman–Crippen MR) is 80.7 cm³/mol. The lowest BCUT2D eigenvalue weighted by Gasteiger charge is -2.06. The molecule has 0 atom stereocenters. The highest BCUT2D eigenvalue weighted by molar-refractivity contribution is 9.10. The predicted octanol–water partition coefficient (Wildman–Crippen LogP) is 5.17. The maximum atomic E-state index is 12.3. The Bertz CT molecular complexity index is 567. The van der Waals surface area contributed by atoms with Crippen LogP contribution in [0.2, 0.25) is 0 Å². The van der Waals surface area contributed by atoms with Gasteiger partial charge in [0.1, 0.15) is 0 Å². The fraction of sp³-hybridized carbons (Fsp3) is 0.267. The Morgan fingerprint density at radius 1 is 1.22 bits per heavy atom. The number of ketones is 1. The van der Waals surface area contributed by atoms with E-state index in [-0.39, 0.29) is 5.78 Å². The third kappa shape index (κ3) is 2.73. The van der Waals surface area contributed by atoms with Gasteiger partial charge in [-0.25, -0.2) is 0 Å². The minimum atomic E-state index is 0.0929. The summed E-state index contributed by atoms with van der Waals surface area (Å²) < 4.78 is 0.892. The van der Waals surface area contributed by atoms with Crippen LogP contribution in [-0.2, 0) is 0 Å². The zero-order chi connectivity index (χ0) is 13.3. The van der Waals surface area contributed by atoms with Gasteiger partial charge in [-0.2, -0.15) is 0 Å². The molecule has 0 amide bonds. The molecule has 2 aromatic rings. The van der Waals surface area contributed by atoms with Crippen molar-refractivity contribution < 1.29 is 4.79 Å². The molecule has 1 aromatic carbocycles. The molecule has 3 heteroatoms. The second kappa shape index (κ2) is 5.37. The van der Waals surface area contributed by atoms with Crippen LogP contribution in [0.4, 0.5) is 0 Å². The zero-order valence-corrected chi connectivity index (χ0v) is 13.1. The van der Waals surface area contributed by atoms with E-state index in [1.165, 1.54) is 16.9 Å². The summed E-state index contributed by atoms with van der Waals surface area (Å²) in [6, 6.07) is 9.89. The molecule has 0 unspecified atom stereocenters. The maximum Gasteiger partial charge on any atom is 0.204 e. The maximum absolute atomic E-state index is 12.3. The highest BCUT2D eigenvalue weighted by Crippen LogP contribution is 2.29. The summed E-state index contributed by atoms with van der Waals surface area (Å²) in [6.45, 7) is 6.31. The number of halogens is 1. The molecule has 0 saturated heterocycles. The van der Waals surface area contributed by atoms with Crippen LogP contribution in [0.1, 0.15) is 45.4 Å². The largest absolute Gasteiger partial charge is 0.288 e. The Balaban J connectivity index is 2.32. The van der Waals surface area contributed by atoms with Gasteiger partial charge in [0.2, 0.25) is 5.78 Å². The van der Waals surface area contributed by atoms with E-state index in [2.05, 4.69) is 29.8 Å². The lowest BCUT2D eigenvalue weighted by molar-refractivity contribution is 0.104. The summed E-state index contributed by atoms with van der Waals surface area (Å²) in [6.07, 6.45) is 0. The van der Waals surface area contributed by atoms with E-state index in [0.717, 1.165) is 19.8 Å². The molecule has 2 rings (SSSR count). The second-order valence-electron chi connectivity index (χ2n) is 4.64. The van der Waals surface area contributed by atoms with Crippen LogP contribution < -0.4 is 0 Å². The van der Waals surface area contributed by atoms with E-state index in [1.54, 1.807) is 0 Å². The summed E-state index contributed by atoms with van der Waals surface area (Å²) in [5.74, 6) is 0.583. The lowest BCUT2D eigenvalue weighted by atomic mass is 10.0. The van der Waals surface area contributed by atoms with Gasteiger partial charge in [0.05, 0.1) is 4.88 Å². The second-order valence-corrected chi connectivity index (χ2v) is 6.75. The minimum absolute atomic E-state index is 0.0929. The highest BCUT2D eigenvalue weighted by atomic mass is 79.9. The topological polar surface area (TPSA) is 17.1 Å². The Morgan fingerprint density at radius 3 is 2.28 bits per heavy atom. The molecule has 1 heterocycles. The number of aryl methyl sites for hydroxylation is 1. The van der Waals surface area contributed by atoms with Crippen LogP contribution in [-0.4, -0.2) is 5.78 Å². The van der Waals surface area contributed by atoms with Crippen molar-refractivity contribution in [2.45, 2.75) is 26.7 Å². The number of carbonyl (C=O) groups is 1. The number of thiophene rings is 1. The standard InChI is InChI=1S/C15H15BrOS/c1-9(2)11-4-6-12(7-5-11)14(17)15-13(16)8-10(3)18-15/h4-9H,1-3H3. The lowest BCUT2D eigenvalue weighted by Crippen LogP contribution is -1.99. The van der Waals surface area contributed by atoms with Crippen LogP contribution in [0, 0.1) is 6.92 Å². The molecule has 0 bridgehead atoms. The molecule has 0 aliphatic heterocycles. The van der Waals surface area contributed by atoms with Gasteiger partial charge in [0, 0.05) is 14.9 Å². The van der Waals surface area contributed by atoms with Crippen molar-refractivity contribution in [2.75, 3.05) is 0 Å². The van der Waals surface area contributed by atoms with Crippen LogP contribution in [0.5, 0.6) is 0 Å². The van der Waals surface area contributed by atoms with Crippen molar-refractivity contribution in [1.82, 2.24) is 0 Å². The third-order valence-corrected chi connectivity index (χ3v) is 4.79. The molecule has 18 heavy (non-hydrogen) atoms. The summed E-state index contributed by atoms with van der Waals surface area (Å²) in [5, 5.41) is 0. The summed E-state index contributed by atoms with van der Waals surface area (Å²) >= 11 is 4.97. The van der Waals surface area contributed by atoms with E-state index in [4.69, 9.17) is 0 Å². The molecule has 0 spiro atoms. The van der Waals surface area contributed by atoms with Gasteiger partial charge < -0.3 is 0 Å². The Hall–Kier alpha value is -0.930. The van der Waals surface area contributed by atoms with Crippen LogP contribution >= 0.6 is 27.3 Å². The van der Waals surface area contributed by atoms with Crippen LogP contribution in [0.3, 0.4) is 0 Å². The number of hydrogen-bond acceptors (Lipinski definition) is 2. The number of carbonyl (C=O) groups excluding carboxylic acids is 1. The Kier molecular flexibility index (Phi) is 4.03. The molecule has 1 nitrogen and oxygen atoms in total. The van der Waals surface area contributed by atoms with E-state index < -0.39 is 0 Å². The van der Waals surface area contributed by atoms with Gasteiger partial charge in [-0.1, -0.05) is 38.1 Å². The van der Waals surface area contributed by atoms with Crippen molar-refractivity contribution in [3.63, 3.8) is 0 Å². The van der Waals surface area contributed by atoms with Crippen LogP contribution in [0.15, 0.2) is 34.8 Å². The molecule has 1 aromatic heterocycles. The quantitative estimate of drug-likeness (QED) is 0.712. The highest BCUT2D eigenvalue weighted by Gasteiger charge is 2.15. The molecule has 0 N–H and O–H groups in total. The van der Waals surface area contributed by atoms with Gasteiger partial charge in [0.15, 0.2) is 0 Å².